The molecule has 8 heteroatoms. The fourth-order valence-corrected chi connectivity index (χ4v) is 2.20. The summed E-state index contributed by atoms with van der Waals surface area (Å²) in [6.45, 7) is 0. The molecular formula is C15H10Cl3N3O2. The van der Waals surface area contributed by atoms with Gasteiger partial charge in [-0.1, -0.05) is 53.0 Å². The molecule has 2 aromatic carbocycles. The third-order valence-electron chi connectivity index (χ3n) is 2.66. The Labute approximate surface area is 147 Å². The molecule has 0 radical (unpaired) electrons. The highest BCUT2D eigenvalue weighted by Gasteiger charge is 2.14. The lowest BCUT2D eigenvalue weighted by atomic mass is 10.2. The Hall–Kier alpha value is -2.08. The Kier molecular flexibility index (Phi) is 5.98. The number of hydrogen-bond donors (Lipinski definition) is 2. The lowest BCUT2D eigenvalue weighted by Crippen LogP contribution is -2.32. The van der Waals surface area contributed by atoms with Crippen LogP contribution in [0.15, 0.2) is 47.6 Å². The highest BCUT2D eigenvalue weighted by molar-refractivity contribution is 6.41. The van der Waals surface area contributed by atoms with Crippen LogP contribution in [0.5, 0.6) is 0 Å². The lowest BCUT2D eigenvalue weighted by molar-refractivity contribution is -0.136. The van der Waals surface area contributed by atoms with Crippen molar-refractivity contribution in [3.05, 3.63) is 63.1 Å². The van der Waals surface area contributed by atoms with Gasteiger partial charge < -0.3 is 5.32 Å². The molecule has 23 heavy (non-hydrogen) atoms. The maximum Gasteiger partial charge on any atom is 0.329 e. The van der Waals surface area contributed by atoms with Crippen LogP contribution < -0.4 is 10.7 Å². The quantitative estimate of drug-likeness (QED) is 0.491. The van der Waals surface area contributed by atoms with Crippen molar-refractivity contribution in [3.63, 3.8) is 0 Å². The van der Waals surface area contributed by atoms with Crippen molar-refractivity contribution in [2.75, 3.05) is 5.32 Å². The Morgan fingerprint density at radius 2 is 1.70 bits per heavy atom. The second kappa shape index (κ2) is 7.97. The second-order valence-electron chi connectivity index (χ2n) is 4.30. The molecular weight excluding hydrogens is 361 g/mol. The standard InChI is InChI=1S/C15H10Cl3N3O2/c16-10-6-5-9(12(18)7-10)8-19-21-15(23)14(22)20-13-4-2-1-3-11(13)17/h1-8H,(H,20,22)(H,21,23)/b19-8+. The predicted octanol–water partition coefficient (Wildman–Crippen LogP) is 3.74. The van der Waals surface area contributed by atoms with E-state index in [-0.39, 0.29) is 0 Å². The SMILES string of the molecule is O=C(N/N=C/c1ccc(Cl)cc1Cl)C(=O)Nc1ccccc1Cl. The van der Waals surface area contributed by atoms with E-state index in [1.54, 1.807) is 36.4 Å². The van der Waals surface area contributed by atoms with Crippen molar-refractivity contribution in [1.29, 1.82) is 0 Å². The largest absolute Gasteiger partial charge is 0.329 e. The van der Waals surface area contributed by atoms with Gasteiger partial charge in [0, 0.05) is 10.6 Å². The number of anilines is 1. The first-order valence-corrected chi connectivity index (χ1v) is 7.44. The van der Waals surface area contributed by atoms with Crippen LogP contribution in [0.4, 0.5) is 5.69 Å². The molecule has 2 N–H and O–H groups in total. The highest BCUT2D eigenvalue weighted by atomic mass is 35.5. The van der Waals surface area contributed by atoms with Gasteiger partial charge in [0.05, 0.1) is 21.9 Å². The summed E-state index contributed by atoms with van der Waals surface area (Å²) in [6, 6.07) is 11.3. The molecule has 2 aromatic rings. The number of amides is 2. The number of carbonyl (C=O) groups excluding carboxylic acids is 2. The van der Waals surface area contributed by atoms with Gasteiger partial charge in [0.2, 0.25) is 0 Å². The fourth-order valence-electron chi connectivity index (χ4n) is 1.56. The van der Waals surface area contributed by atoms with Gasteiger partial charge in [-0.15, -0.1) is 0 Å². The smallest absolute Gasteiger partial charge is 0.316 e. The number of nitrogens with one attached hydrogen (secondary N) is 2. The van der Waals surface area contributed by atoms with Gasteiger partial charge in [0.25, 0.3) is 0 Å². The van der Waals surface area contributed by atoms with Crippen LogP contribution in [0, 0.1) is 0 Å². The summed E-state index contributed by atoms with van der Waals surface area (Å²) in [5, 5.41) is 7.23. The third kappa shape index (κ3) is 4.96. The zero-order valence-corrected chi connectivity index (χ0v) is 13.8. The van der Waals surface area contributed by atoms with Gasteiger partial charge in [-0.25, -0.2) is 5.43 Å². The number of hydrogen-bond acceptors (Lipinski definition) is 3. The first kappa shape index (κ1) is 17.3. The molecule has 0 aliphatic carbocycles. The summed E-state index contributed by atoms with van der Waals surface area (Å²) in [5.74, 6) is -1.83. The summed E-state index contributed by atoms with van der Waals surface area (Å²) in [4.78, 5) is 23.4. The summed E-state index contributed by atoms with van der Waals surface area (Å²) >= 11 is 17.6. The molecule has 0 aromatic heterocycles. The topological polar surface area (TPSA) is 70.6 Å². The van der Waals surface area contributed by atoms with Crippen molar-refractivity contribution in [2.24, 2.45) is 5.10 Å². The zero-order valence-electron chi connectivity index (χ0n) is 11.5. The van der Waals surface area contributed by atoms with E-state index < -0.39 is 11.8 Å². The lowest BCUT2D eigenvalue weighted by Gasteiger charge is -2.05. The number of benzene rings is 2. The number of rotatable bonds is 3. The van der Waals surface area contributed by atoms with E-state index in [9.17, 15) is 9.59 Å². The molecule has 2 rings (SSSR count). The van der Waals surface area contributed by atoms with Crippen LogP contribution in [-0.4, -0.2) is 18.0 Å². The van der Waals surface area contributed by atoms with Gasteiger partial charge in [0.1, 0.15) is 0 Å². The van der Waals surface area contributed by atoms with Crippen molar-refractivity contribution in [1.82, 2.24) is 5.43 Å². The Bertz CT molecular complexity index is 778. The zero-order chi connectivity index (χ0) is 16.8. The molecule has 0 saturated carbocycles. The molecule has 0 aliphatic rings. The molecule has 2 amide bonds. The van der Waals surface area contributed by atoms with Crippen LogP contribution in [0.1, 0.15) is 5.56 Å². The molecule has 0 spiro atoms. The maximum absolute atomic E-state index is 11.7. The molecule has 5 nitrogen and oxygen atoms in total. The van der Waals surface area contributed by atoms with Gasteiger partial charge in [-0.05, 0) is 24.3 Å². The van der Waals surface area contributed by atoms with Gasteiger partial charge in [0.15, 0.2) is 0 Å². The van der Waals surface area contributed by atoms with E-state index in [1.165, 1.54) is 12.3 Å². The minimum atomic E-state index is -0.939. The highest BCUT2D eigenvalue weighted by Crippen LogP contribution is 2.20. The average Bonchev–Trinajstić information content (AvgIpc) is 2.51. The minimum absolute atomic E-state index is 0.324. The van der Waals surface area contributed by atoms with Gasteiger partial charge in [-0.3, -0.25) is 9.59 Å². The summed E-state index contributed by atoms with van der Waals surface area (Å²) in [7, 11) is 0. The number of nitrogens with zero attached hydrogens (tertiary/aromatic N) is 1. The van der Waals surface area contributed by atoms with E-state index in [4.69, 9.17) is 34.8 Å². The molecule has 0 atom stereocenters. The van der Waals surface area contributed by atoms with Crippen LogP contribution >= 0.6 is 34.8 Å². The Balaban J connectivity index is 1.95. The first-order valence-electron chi connectivity index (χ1n) is 6.31. The Morgan fingerprint density at radius 3 is 2.39 bits per heavy atom. The van der Waals surface area contributed by atoms with Gasteiger partial charge in [-0.2, -0.15) is 5.10 Å². The van der Waals surface area contributed by atoms with E-state index in [1.807, 2.05) is 0 Å². The van der Waals surface area contributed by atoms with Crippen molar-refractivity contribution in [2.45, 2.75) is 0 Å². The second-order valence-corrected chi connectivity index (χ2v) is 5.55. The normalized spacial score (nSPS) is 10.6. The van der Waals surface area contributed by atoms with Crippen molar-refractivity contribution in [3.8, 4) is 0 Å². The fraction of sp³-hybridized carbons (Fsp3) is 0. The van der Waals surface area contributed by atoms with Gasteiger partial charge >= 0.3 is 11.8 Å². The first-order chi connectivity index (χ1) is 11.0. The van der Waals surface area contributed by atoms with Crippen LogP contribution in [0.25, 0.3) is 0 Å². The molecule has 118 valence electrons. The maximum atomic E-state index is 11.7. The van der Waals surface area contributed by atoms with Crippen LogP contribution in [0.3, 0.4) is 0 Å². The Morgan fingerprint density at radius 1 is 0.957 bits per heavy atom. The number of halogens is 3. The summed E-state index contributed by atoms with van der Waals surface area (Å²) in [6.07, 6.45) is 1.30. The molecule has 0 fully saturated rings. The summed E-state index contributed by atoms with van der Waals surface area (Å²) in [5.41, 5.74) is 2.97. The predicted molar refractivity (Wildman–Crippen MR) is 92.3 cm³/mol. The summed E-state index contributed by atoms with van der Waals surface area (Å²) < 4.78 is 0. The molecule has 0 unspecified atom stereocenters. The van der Waals surface area contributed by atoms with E-state index >= 15 is 0 Å². The third-order valence-corrected chi connectivity index (χ3v) is 3.55. The van der Waals surface area contributed by atoms with Crippen molar-refractivity contribution >= 4 is 58.5 Å². The van der Waals surface area contributed by atoms with E-state index in [0.29, 0.717) is 26.3 Å². The monoisotopic (exact) mass is 369 g/mol. The molecule has 0 heterocycles. The number of para-hydroxylation sites is 1. The van der Waals surface area contributed by atoms with Crippen molar-refractivity contribution < 1.29 is 9.59 Å². The van der Waals surface area contributed by atoms with E-state index in [2.05, 4.69) is 15.8 Å². The molecule has 0 bridgehead atoms. The molecule has 0 aliphatic heterocycles. The van der Waals surface area contributed by atoms with Crippen LogP contribution in [0.2, 0.25) is 15.1 Å². The minimum Gasteiger partial charge on any atom is -0.316 e. The number of hydrazone groups is 1. The number of carbonyl (C=O) groups is 2. The average molecular weight is 371 g/mol. The van der Waals surface area contributed by atoms with E-state index in [0.717, 1.165) is 0 Å². The molecule has 0 saturated heterocycles. The van der Waals surface area contributed by atoms with Crippen LogP contribution in [-0.2, 0) is 9.59 Å².